The lowest BCUT2D eigenvalue weighted by Gasteiger charge is -2.61. The van der Waals surface area contributed by atoms with Gasteiger partial charge in [0.15, 0.2) is 0 Å². The summed E-state index contributed by atoms with van der Waals surface area (Å²) < 4.78 is 5.92. The molecule has 2 unspecified atom stereocenters. The number of aliphatic hydroxyl groups is 1. The van der Waals surface area contributed by atoms with E-state index in [-0.39, 0.29) is 64.9 Å². The van der Waals surface area contributed by atoms with Crippen LogP contribution < -0.4 is 11.1 Å². The predicted octanol–water partition coefficient (Wildman–Crippen LogP) is 4.93. The molecule has 3 rings (SSSR count). The molecule has 7 nitrogen and oxygen atoms in total. The lowest BCUT2D eigenvalue weighted by Crippen LogP contribution is -2.63. The highest BCUT2D eigenvalue weighted by atomic mass is 35.5. The van der Waals surface area contributed by atoms with Gasteiger partial charge in [-0.25, -0.2) is 0 Å². The molecular formula is C31H53ClN2O5S. The summed E-state index contributed by atoms with van der Waals surface area (Å²) in [6.07, 6.45) is 4.17. The highest BCUT2D eigenvalue weighted by Gasteiger charge is 2.68. The maximum atomic E-state index is 13.5. The number of carbonyl (C=O) groups excluding carboxylic acids is 3. The van der Waals surface area contributed by atoms with Crippen LogP contribution in [0.1, 0.15) is 87.5 Å². The van der Waals surface area contributed by atoms with Gasteiger partial charge >= 0.3 is 5.97 Å². The van der Waals surface area contributed by atoms with Crippen molar-refractivity contribution in [3.05, 3.63) is 12.7 Å². The van der Waals surface area contributed by atoms with Gasteiger partial charge in [0, 0.05) is 34.5 Å². The molecule has 0 aromatic heterocycles. The number of Topliss-reactive ketones (excluding diaryl/α,β-unsaturated/α-hetero) is 1. The van der Waals surface area contributed by atoms with Gasteiger partial charge in [-0.2, -0.15) is 0 Å². The van der Waals surface area contributed by atoms with Gasteiger partial charge in [0.1, 0.15) is 11.9 Å². The molecule has 2 bridgehead atoms. The molecule has 0 spiro atoms. The average Bonchev–Trinajstić information content (AvgIpc) is 3.24. The van der Waals surface area contributed by atoms with E-state index in [9.17, 15) is 19.5 Å². The maximum absolute atomic E-state index is 13.5. The molecule has 3 aliphatic carbocycles. The molecule has 3 fully saturated rings. The van der Waals surface area contributed by atoms with Gasteiger partial charge in [-0.3, -0.25) is 14.4 Å². The number of ether oxygens (including phenoxy) is 1. The molecule has 3 saturated carbocycles. The number of thioether (sulfide) groups is 1. The molecule has 0 saturated heterocycles. The Balaban J connectivity index is 0.00000560. The molecule has 9 heteroatoms. The quantitative estimate of drug-likeness (QED) is 0.254. The van der Waals surface area contributed by atoms with E-state index in [2.05, 4.69) is 32.7 Å². The van der Waals surface area contributed by atoms with E-state index >= 15 is 0 Å². The van der Waals surface area contributed by atoms with Crippen molar-refractivity contribution in [2.75, 3.05) is 12.3 Å². The first kappa shape index (κ1) is 35.1. The topological polar surface area (TPSA) is 119 Å². The van der Waals surface area contributed by atoms with Crippen LogP contribution in [0.5, 0.6) is 0 Å². The number of rotatable bonds is 9. The van der Waals surface area contributed by atoms with Gasteiger partial charge in [0.25, 0.3) is 0 Å². The monoisotopic (exact) mass is 600 g/mol. The highest BCUT2D eigenvalue weighted by molar-refractivity contribution is 8.01. The zero-order chi connectivity index (χ0) is 29.6. The Hall–Kier alpha value is -1.09. The molecule has 0 aliphatic heterocycles. The van der Waals surface area contributed by atoms with Gasteiger partial charge < -0.3 is 20.9 Å². The third-order valence-corrected chi connectivity index (χ3v) is 12.2. The van der Waals surface area contributed by atoms with Gasteiger partial charge in [0.2, 0.25) is 5.91 Å². The van der Waals surface area contributed by atoms with Crippen LogP contribution in [0.4, 0.5) is 0 Å². The second kappa shape index (κ2) is 12.6. The number of halogens is 1. The SMILES string of the molecule is C=C[C@]1(C)C[C@@H](OC(=O)CSC(C)(C)CNC(=O)[C@H](N)C(C)C)C2(C)C(C)CC[C@]3(CCC(=O)[C@@H]23)[C@@H](C)[C@@H]1O.Cl. The standard InChI is InChI=1S/C31H52N2O5S.ClH/c1-10-29(8)15-22(38-23(35)16-39-28(6,7)17-33-27(37)24(32)18(2)3)30(9)19(4)11-13-31(20(5)26(29)36)14-12-21(34)25(30)31;/h10,18-20,22,24-26,36H,1,11-17,32H2,2-9H3,(H,33,37);1H/t19?,20-,22+,24+,25-,26-,29+,30?,31-;/m0./s1. The van der Waals surface area contributed by atoms with Crippen LogP contribution in [-0.2, 0) is 19.1 Å². The van der Waals surface area contributed by atoms with Crippen LogP contribution in [0.2, 0.25) is 0 Å². The summed E-state index contributed by atoms with van der Waals surface area (Å²) in [5.41, 5.74) is 4.49. The number of aliphatic hydroxyl groups excluding tert-OH is 1. The van der Waals surface area contributed by atoms with Gasteiger partial charge in [0.05, 0.1) is 17.9 Å². The Bertz CT molecular complexity index is 975. The van der Waals surface area contributed by atoms with Gasteiger partial charge in [-0.1, -0.05) is 47.6 Å². The molecule has 0 aromatic carbocycles. The Labute approximate surface area is 252 Å². The molecule has 4 N–H and O–H groups in total. The molecule has 3 aliphatic rings. The Morgan fingerprint density at radius 3 is 2.48 bits per heavy atom. The largest absolute Gasteiger partial charge is 0.461 e. The highest BCUT2D eigenvalue weighted by Crippen LogP contribution is 2.68. The summed E-state index contributed by atoms with van der Waals surface area (Å²) >= 11 is 1.43. The normalized spacial score (nSPS) is 38.4. The first-order valence-corrected chi connectivity index (χ1v) is 15.6. The van der Waals surface area contributed by atoms with Crippen LogP contribution in [0.15, 0.2) is 12.7 Å². The summed E-state index contributed by atoms with van der Waals surface area (Å²) in [7, 11) is 0. The molecule has 40 heavy (non-hydrogen) atoms. The number of hydrogen-bond acceptors (Lipinski definition) is 7. The van der Waals surface area contributed by atoms with Crippen molar-refractivity contribution in [2.45, 2.75) is 110 Å². The zero-order valence-corrected chi connectivity index (χ0v) is 27.4. The second-order valence-corrected chi connectivity index (χ2v) is 15.8. The minimum Gasteiger partial charge on any atom is -0.461 e. The fourth-order valence-corrected chi connectivity index (χ4v) is 8.47. The molecule has 0 heterocycles. The van der Waals surface area contributed by atoms with Crippen LogP contribution >= 0.6 is 24.2 Å². The average molecular weight is 601 g/mol. The minimum absolute atomic E-state index is 0. The van der Waals surface area contributed by atoms with Gasteiger partial charge in [-0.05, 0) is 62.7 Å². The van der Waals surface area contributed by atoms with E-state index in [1.807, 2.05) is 40.7 Å². The summed E-state index contributed by atoms with van der Waals surface area (Å²) in [4.78, 5) is 39.2. The van der Waals surface area contributed by atoms with E-state index in [4.69, 9.17) is 10.5 Å². The molecule has 0 radical (unpaired) electrons. The first-order valence-electron chi connectivity index (χ1n) is 14.7. The number of esters is 1. The van der Waals surface area contributed by atoms with E-state index in [0.29, 0.717) is 19.4 Å². The summed E-state index contributed by atoms with van der Waals surface area (Å²) in [5.74, 6) is -0.243. The van der Waals surface area contributed by atoms with Crippen LogP contribution in [-0.4, -0.2) is 58.1 Å². The molecular weight excluding hydrogens is 548 g/mol. The van der Waals surface area contributed by atoms with Crippen LogP contribution in [0.25, 0.3) is 0 Å². The van der Waals surface area contributed by atoms with Crippen molar-refractivity contribution in [3.63, 3.8) is 0 Å². The minimum atomic E-state index is -0.684. The molecule has 1 amide bonds. The van der Waals surface area contributed by atoms with Gasteiger partial charge in [-0.15, -0.1) is 30.7 Å². The first-order chi connectivity index (χ1) is 17.9. The molecule has 0 aromatic rings. The maximum Gasteiger partial charge on any atom is 0.316 e. The van der Waals surface area contributed by atoms with Crippen molar-refractivity contribution >= 4 is 41.8 Å². The number of carbonyl (C=O) groups is 3. The van der Waals surface area contributed by atoms with E-state index < -0.39 is 33.8 Å². The second-order valence-electron chi connectivity index (χ2n) is 14.1. The number of nitrogens with two attached hydrogens (primary N) is 1. The lowest BCUT2D eigenvalue weighted by molar-refractivity contribution is -0.205. The van der Waals surface area contributed by atoms with Crippen molar-refractivity contribution in [1.82, 2.24) is 5.32 Å². The fraction of sp³-hybridized carbons (Fsp3) is 0.839. The number of nitrogens with one attached hydrogen (secondary N) is 1. The van der Waals surface area contributed by atoms with Crippen molar-refractivity contribution < 1.29 is 24.2 Å². The Morgan fingerprint density at radius 1 is 1.27 bits per heavy atom. The predicted molar refractivity (Wildman–Crippen MR) is 164 cm³/mol. The number of ketones is 1. The Morgan fingerprint density at radius 2 is 1.90 bits per heavy atom. The zero-order valence-electron chi connectivity index (χ0n) is 25.7. The van der Waals surface area contributed by atoms with Crippen molar-refractivity contribution in [3.8, 4) is 0 Å². The lowest BCUT2D eigenvalue weighted by atomic mass is 9.44. The molecule has 9 atom stereocenters. The van der Waals surface area contributed by atoms with Crippen LogP contribution in [0, 0.1) is 39.9 Å². The van der Waals surface area contributed by atoms with Crippen molar-refractivity contribution in [2.24, 2.45) is 45.7 Å². The van der Waals surface area contributed by atoms with E-state index in [1.165, 1.54) is 11.8 Å². The van der Waals surface area contributed by atoms with E-state index in [0.717, 1.165) is 19.3 Å². The smallest absolute Gasteiger partial charge is 0.316 e. The third-order valence-electron chi connectivity index (χ3n) is 10.9. The number of amides is 1. The van der Waals surface area contributed by atoms with E-state index in [1.54, 1.807) is 0 Å². The fourth-order valence-electron chi connectivity index (χ4n) is 7.72. The number of hydrogen-bond donors (Lipinski definition) is 3. The summed E-state index contributed by atoms with van der Waals surface area (Å²) in [5, 5.41) is 14.6. The summed E-state index contributed by atoms with van der Waals surface area (Å²) in [6, 6.07) is -0.573. The Kier molecular flexibility index (Phi) is 11.1. The third kappa shape index (κ3) is 6.30. The molecule has 230 valence electrons. The van der Waals surface area contributed by atoms with Crippen LogP contribution in [0.3, 0.4) is 0 Å². The van der Waals surface area contributed by atoms with Crippen molar-refractivity contribution in [1.29, 1.82) is 0 Å². The summed E-state index contributed by atoms with van der Waals surface area (Å²) in [6.45, 7) is 20.7.